The molecule has 0 saturated carbocycles. The smallest absolute Gasteiger partial charge is 0.258 e. The molecule has 152 valence electrons. The number of nitrogens with one attached hydrogen (secondary N) is 1. The van der Waals surface area contributed by atoms with Gasteiger partial charge in [0.1, 0.15) is 18.1 Å². The van der Waals surface area contributed by atoms with Gasteiger partial charge in [-0.25, -0.2) is 0 Å². The Balaban J connectivity index is 1.88. The molecule has 0 bridgehead atoms. The van der Waals surface area contributed by atoms with Gasteiger partial charge in [0, 0.05) is 18.7 Å². The van der Waals surface area contributed by atoms with Crippen LogP contribution in [0.3, 0.4) is 0 Å². The monoisotopic (exact) mass is 405 g/mol. The van der Waals surface area contributed by atoms with Crippen LogP contribution in [0.5, 0.6) is 11.5 Å². The van der Waals surface area contributed by atoms with E-state index >= 15 is 0 Å². The lowest BCUT2D eigenvalue weighted by Crippen LogP contribution is -2.28. The lowest BCUT2D eigenvalue weighted by Gasteiger charge is -2.16. The van der Waals surface area contributed by atoms with Crippen LogP contribution in [0.2, 0.25) is 5.02 Å². The summed E-state index contributed by atoms with van der Waals surface area (Å²) in [6.07, 6.45) is 0. The zero-order chi connectivity index (χ0) is 20.5. The number of hydrogen-bond acceptors (Lipinski definition) is 4. The van der Waals surface area contributed by atoms with Crippen molar-refractivity contribution in [2.75, 3.05) is 26.9 Å². The topological polar surface area (TPSA) is 56.8 Å². The molecular weight excluding hydrogens is 378 g/mol. The summed E-state index contributed by atoms with van der Waals surface area (Å²) in [6.45, 7) is 7.41. The maximum Gasteiger partial charge on any atom is 0.258 e. The molecule has 5 nitrogen and oxygen atoms in total. The maximum absolute atomic E-state index is 12.2. The number of ether oxygens (including phenoxy) is 3. The summed E-state index contributed by atoms with van der Waals surface area (Å²) in [5, 5.41) is 3.57. The predicted octanol–water partition coefficient (Wildman–Crippen LogP) is 4.49. The van der Waals surface area contributed by atoms with Crippen molar-refractivity contribution in [2.45, 2.75) is 33.2 Å². The van der Waals surface area contributed by atoms with Crippen LogP contribution in [0, 0.1) is 6.92 Å². The number of halogens is 1. The highest BCUT2D eigenvalue weighted by molar-refractivity contribution is 6.31. The maximum atomic E-state index is 12.2. The van der Waals surface area contributed by atoms with E-state index in [4.69, 9.17) is 25.8 Å². The first-order valence-electron chi connectivity index (χ1n) is 9.31. The Kier molecular flexibility index (Phi) is 8.61. The van der Waals surface area contributed by atoms with E-state index in [9.17, 15) is 4.79 Å². The van der Waals surface area contributed by atoms with Crippen molar-refractivity contribution in [3.63, 3.8) is 0 Å². The van der Waals surface area contributed by atoms with E-state index in [2.05, 4.69) is 19.2 Å². The highest BCUT2D eigenvalue weighted by atomic mass is 35.5. The molecule has 0 aliphatic heterocycles. The number of hydrogen-bond donors (Lipinski definition) is 1. The molecular formula is C22H28ClNO4. The summed E-state index contributed by atoms with van der Waals surface area (Å²) in [5.74, 6) is 1.50. The molecule has 0 aromatic heterocycles. The minimum Gasteiger partial charge on any atom is -0.491 e. The van der Waals surface area contributed by atoms with Crippen LogP contribution in [-0.4, -0.2) is 32.8 Å². The minimum absolute atomic E-state index is 0.0508. The van der Waals surface area contributed by atoms with E-state index in [0.29, 0.717) is 30.5 Å². The van der Waals surface area contributed by atoms with Gasteiger partial charge in [-0.3, -0.25) is 4.79 Å². The third kappa shape index (κ3) is 6.73. The van der Waals surface area contributed by atoms with Crippen LogP contribution in [0.25, 0.3) is 0 Å². The van der Waals surface area contributed by atoms with Gasteiger partial charge in [-0.15, -0.1) is 0 Å². The Morgan fingerprint density at radius 1 is 1.14 bits per heavy atom. The van der Waals surface area contributed by atoms with Gasteiger partial charge in [-0.2, -0.15) is 0 Å². The van der Waals surface area contributed by atoms with Gasteiger partial charge in [-0.1, -0.05) is 37.6 Å². The van der Waals surface area contributed by atoms with Crippen molar-refractivity contribution in [3.05, 3.63) is 58.1 Å². The van der Waals surface area contributed by atoms with Crippen LogP contribution in [0.1, 0.15) is 36.5 Å². The molecule has 0 unspecified atom stereocenters. The summed E-state index contributed by atoms with van der Waals surface area (Å²) < 4.78 is 16.3. The molecule has 0 fully saturated rings. The SMILES string of the molecule is COCCOc1cccc(CNC(=O)COc2cc(C)c(Cl)cc2C(C)C)c1. The fraction of sp³-hybridized carbons (Fsp3) is 0.409. The van der Waals surface area contributed by atoms with Crippen LogP contribution in [0.15, 0.2) is 36.4 Å². The second-order valence-corrected chi connectivity index (χ2v) is 7.26. The Morgan fingerprint density at radius 2 is 1.93 bits per heavy atom. The van der Waals surface area contributed by atoms with Gasteiger partial charge in [0.2, 0.25) is 0 Å². The number of amides is 1. The van der Waals surface area contributed by atoms with E-state index in [1.165, 1.54) is 0 Å². The molecule has 0 aliphatic rings. The zero-order valence-corrected chi connectivity index (χ0v) is 17.6. The molecule has 1 N–H and O–H groups in total. The van der Waals surface area contributed by atoms with Crippen LogP contribution >= 0.6 is 11.6 Å². The summed E-state index contributed by atoms with van der Waals surface area (Å²) >= 11 is 6.21. The van der Waals surface area contributed by atoms with E-state index in [-0.39, 0.29) is 18.4 Å². The van der Waals surface area contributed by atoms with Crippen molar-refractivity contribution in [3.8, 4) is 11.5 Å². The molecule has 2 aromatic rings. The molecule has 1 amide bonds. The Bertz CT molecular complexity index is 792. The van der Waals surface area contributed by atoms with Crippen molar-refractivity contribution in [2.24, 2.45) is 0 Å². The van der Waals surface area contributed by atoms with Gasteiger partial charge < -0.3 is 19.5 Å². The van der Waals surface area contributed by atoms with Crippen LogP contribution in [0.4, 0.5) is 0 Å². The fourth-order valence-electron chi connectivity index (χ4n) is 2.63. The normalized spacial score (nSPS) is 10.8. The zero-order valence-electron chi connectivity index (χ0n) is 16.9. The summed E-state index contributed by atoms with van der Waals surface area (Å²) in [7, 11) is 1.63. The first-order chi connectivity index (χ1) is 13.4. The van der Waals surface area contributed by atoms with Gasteiger partial charge >= 0.3 is 0 Å². The average Bonchev–Trinajstić information content (AvgIpc) is 2.67. The quantitative estimate of drug-likeness (QED) is 0.591. The van der Waals surface area contributed by atoms with Gasteiger partial charge in [0.05, 0.1) is 6.61 Å². The fourth-order valence-corrected chi connectivity index (χ4v) is 2.80. The van der Waals surface area contributed by atoms with Crippen molar-refractivity contribution >= 4 is 17.5 Å². The Labute approximate surface area is 171 Å². The standard InChI is InChI=1S/C22H28ClNO4/c1-15(2)19-12-20(23)16(3)10-21(19)28-14-22(25)24-13-17-6-5-7-18(11-17)27-9-8-26-4/h5-7,10-12,15H,8-9,13-14H2,1-4H3,(H,24,25). The molecule has 0 spiro atoms. The Morgan fingerprint density at radius 3 is 2.64 bits per heavy atom. The Hall–Kier alpha value is -2.24. The van der Waals surface area contributed by atoms with Crippen LogP contribution < -0.4 is 14.8 Å². The van der Waals surface area contributed by atoms with Gasteiger partial charge in [0.25, 0.3) is 5.91 Å². The molecule has 28 heavy (non-hydrogen) atoms. The molecule has 2 aromatic carbocycles. The lowest BCUT2D eigenvalue weighted by atomic mass is 10.0. The van der Waals surface area contributed by atoms with Crippen molar-refractivity contribution in [1.82, 2.24) is 5.32 Å². The second-order valence-electron chi connectivity index (χ2n) is 6.85. The average molecular weight is 406 g/mol. The number of benzene rings is 2. The molecule has 0 radical (unpaired) electrons. The largest absolute Gasteiger partial charge is 0.491 e. The second kappa shape index (κ2) is 10.9. The highest BCUT2D eigenvalue weighted by Crippen LogP contribution is 2.31. The molecule has 0 saturated heterocycles. The van der Waals surface area contributed by atoms with Crippen molar-refractivity contribution < 1.29 is 19.0 Å². The number of methoxy groups -OCH3 is 1. The molecule has 0 aliphatic carbocycles. The summed E-state index contributed by atoms with van der Waals surface area (Å²) in [5.41, 5.74) is 2.87. The summed E-state index contributed by atoms with van der Waals surface area (Å²) in [4.78, 5) is 12.2. The first-order valence-corrected chi connectivity index (χ1v) is 9.68. The highest BCUT2D eigenvalue weighted by Gasteiger charge is 2.12. The molecule has 2 rings (SSSR count). The van der Waals surface area contributed by atoms with Crippen molar-refractivity contribution in [1.29, 1.82) is 0 Å². The third-order valence-electron chi connectivity index (χ3n) is 4.22. The van der Waals surface area contributed by atoms with Crippen LogP contribution in [-0.2, 0) is 16.1 Å². The number of rotatable bonds is 10. The summed E-state index contributed by atoms with van der Waals surface area (Å²) in [6, 6.07) is 11.4. The lowest BCUT2D eigenvalue weighted by molar-refractivity contribution is -0.123. The van der Waals surface area contributed by atoms with Gasteiger partial charge in [0.15, 0.2) is 6.61 Å². The third-order valence-corrected chi connectivity index (χ3v) is 4.62. The number of carbonyl (C=O) groups is 1. The molecule has 0 heterocycles. The van der Waals surface area contributed by atoms with E-state index in [0.717, 1.165) is 22.4 Å². The van der Waals surface area contributed by atoms with E-state index in [1.807, 2.05) is 43.3 Å². The molecule has 6 heteroatoms. The van der Waals surface area contributed by atoms with E-state index < -0.39 is 0 Å². The number of carbonyl (C=O) groups excluding carboxylic acids is 1. The molecule has 0 atom stereocenters. The minimum atomic E-state index is -0.187. The first kappa shape index (κ1) is 22.1. The predicted molar refractivity (Wildman–Crippen MR) is 111 cm³/mol. The number of aryl methyl sites for hydroxylation is 1. The van der Waals surface area contributed by atoms with Gasteiger partial charge in [-0.05, 0) is 53.8 Å². The van der Waals surface area contributed by atoms with E-state index in [1.54, 1.807) is 7.11 Å².